The number of esters is 1. The van der Waals surface area contributed by atoms with Crippen molar-refractivity contribution in [1.29, 1.82) is 0 Å². The van der Waals surface area contributed by atoms with E-state index < -0.39 is 23.6 Å². The standard InChI is InChI=1S/C22H25F2NO2/c1-4-14-6-7-16(12-15(14)5-2)18(10-11-21(25)22(26)27-3)19-9-8-17(23)13-20(19)24/h6-10,12-13,21H,4-5,11,25H2,1-3H3. The summed E-state index contributed by atoms with van der Waals surface area (Å²) in [7, 11) is 1.27. The average Bonchev–Trinajstić information content (AvgIpc) is 2.68. The third kappa shape index (κ3) is 5.01. The Kier molecular flexibility index (Phi) is 7.25. The number of rotatable bonds is 7. The van der Waals surface area contributed by atoms with Crippen LogP contribution in [-0.4, -0.2) is 19.1 Å². The molecule has 0 aliphatic heterocycles. The zero-order valence-corrected chi connectivity index (χ0v) is 15.9. The highest BCUT2D eigenvalue weighted by Crippen LogP contribution is 2.29. The van der Waals surface area contributed by atoms with Gasteiger partial charge in [0.25, 0.3) is 0 Å². The number of hydrogen-bond acceptors (Lipinski definition) is 3. The molecule has 3 nitrogen and oxygen atoms in total. The number of carbonyl (C=O) groups is 1. The fourth-order valence-electron chi connectivity index (χ4n) is 3.05. The van der Waals surface area contributed by atoms with Crippen molar-refractivity contribution in [2.24, 2.45) is 5.73 Å². The van der Waals surface area contributed by atoms with Crippen molar-refractivity contribution >= 4 is 11.5 Å². The van der Waals surface area contributed by atoms with Gasteiger partial charge in [0, 0.05) is 11.6 Å². The highest BCUT2D eigenvalue weighted by molar-refractivity contribution is 5.82. The van der Waals surface area contributed by atoms with Gasteiger partial charge in [-0.05, 0) is 53.7 Å². The first kappa shape index (κ1) is 20.8. The lowest BCUT2D eigenvalue weighted by atomic mass is 9.91. The van der Waals surface area contributed by atoms with E-state index in [1.54, 1.807) is 6.08 Å². The molecule has 144 valence electrons. The fourth-order valence-corrected chi connectivity index (χ4v) is 3.05. The summed E-state index contributed by atoms with van der Waals surface area (Å²) >= 11 is 0. The fraction of sp³-hybridized carbons (Fsp3) is 0.318. The molecule has 0 spiro atoms. The number of benzene rings is 2. The van der Waals surface area contributed by atoms with Crippen LogP contribution < -0.4 is 5.73 Å². The van der Waals surface area contributed by atoms with E-state index in [4.69, 9.17) is 5.73 Å². The number of carbonyl (C=O) groups excluding carboxylic acids is 1. The molecule has 2 aromatic carbocycles. The summed E-state index contributed by atoms with van der Waals surface area (Å²) in [5.74, 6) is -1.84. The molecule has 0 saturated carbocycles. The average molecular weight is 373 g/mol. The Morgan fingerprint density at radius 2 is 1.81 bits per heavy atom. The summed E-state index contributed by atoms with van der Waals surface area (Å²) in [5.41, 5.74) is 9.85. The Bertz CT molecular complexity index is 846. The number of nitrogens with two attached hydrogens (primary N) is 1. The lowest BCUT2D eigenvalue weighted by Gasteiger charge is -2.15. The molecule has 0 fully saturated rings. The number of hydrogen-bond donors (Lipinski definition) is 1. The van der Waals surface area contributed by atoms with Crippen LogP contribution in [0.4, 0.5) is 8.78 Å². The van der Waals surface area contributed by atoms with Crippen molar-refractivity contribution in [2.75, 3.05) is 7.11 Å². The summed E-state index contributed by atoms with van der Waals surface area (Å²) in [5, 5.41) is 0. The number of ether oxygens (including phenoxy) is 1. The maximum absolute atomic E-state index is 14.5. The van der Waals surface area contributed by atoms with Gasteiger partial charge in [-0.2, -0.15) is 0 Å². The Labute approximate surface area is 158 Å². The Balaban J connectivity index is 2.54. The van der Waals surface area contributed by atoms with Crippen molar-refractivity contribution in [3.05, 3.63) is 76.4 Å². The summed E-state index contributed by atoms with van der Waals surface area (Å²) in [4.78, 5) is 11.6. The van der Waals surface area contributed by atoms with Crippen LogP contribution in [0.25, 0.3) is 5.57 Å². The van der Waals surface area contributed by atoms with Crippen molar-refractivity contribution in [2.45, 2.75) is 39.2 Å². The van der Waals surface area contributed by atoms with Gasteiger partial charge in [-0.15, -0.1) is 0 Å². The molecule has 1 atom stereocenters. The van der Waals surface area contributed by atoms with Gasteiger partial charge in [0.05, 0.1) is 7.11 Å². The second-order valence-electron chi connectivity index (χ2n) is 6.30. The second kappa shape index (κ2) is 9.42. The Hall–Kier alpha value is -2.53. The minimum atomic E-state index is -0.853. The summed E-state index contributed by atoms with van der Waals surface area (Å²) < 4.78 is 32.5. The number of methoxy groups -OCH3 is 1. The number of aryl methyl sites for hydroxylation is 2. The van der Waals surface area contributed by atoms with Gasteiger partial charge in [0.2, 0.25) is 0 Å². The highest BCUT2D eigenvalue weighted by atomic mass is 19.1. The van der Waals surface area contributed by atoms with E-state index in [0.29, 0.717) is 5.57 Å². The van der Waals surface area contributed by atoms with E-state index in [0.717, 1.165) is 24.5 Å². The van der Waals surface area contributed by atoms with Crippen molar-refractivity contribution in [3.8, 4) is 0 Å². The Morgan fingerprint density at radius 1 is 1.11 bits per heavy atom. The van der Waals surface area contributed by atoms with E-state index in [1.807, 2.05) is 18.2 Å². The van der Waals surface area contributed by atoms with Crippen LogP contribution in [0.15, 0.2) is 42.5 Å². The quantitative estimate of drug-likeness (QED) is 0.732. The predicted molar refractivity (Wildman–Crippen MR) is 103 cm³/mol. The van der Waals surface area contributed by atoms with Crippen molar-refractivity contribution < 1.29 is 18.3 Å². The van der Waals surface area contributed by atoms with Gasteiger partial charge in [-0.3, -0.25) is 4.79 Å². The number of halogens is 2. The van der Waals surface area contributed by atoms with Gasteiger partial charge in [-0.1, -0.05) is 38.1 Å². The van der Waals surface area contributed by atoms with Crippen LogP contribution >= 0.6 is 0 Å². The molecule has 2 aromatic rings. The first-order valence-corrected chi connectivity index (χ1v) is 9.02. The third-order valence-electron chi connectivity index (χ3n) is 4.58. The van der Waals surface area contributed by atoms with Crippen LogP contribution in [0.3, 0.4) is 0 Å². The van der Waals surface area contributed by atoms with Crippen molar-refractivity contribution in [3.63, 3.8) is 0 Å². The smallest absolute Gasteiger partial charge is 0.322 e. The van der Waals surface area contributed by atoms with Gasteiger partial charge in [-0.25, -0.2) is 8.78 Å². The lowest BCUT2D eigenvalue weighted by molar-refractivity contribution is -0.142. The van der Waals surface area contributed by atoms with Crippen molar-refractivity contribution in [1.82, 2.24) is 0 Å². The molecule has 0 heterocycles. The minimum absolute atomic E-state index is 0.176. The maximum atomic E-state index is 14.5. The molecule has 2 N–H and O–H groups in total. The molecule has 2 rings (SSSR count). The molecule has 0 bridgehead atoms. The van der Waals surface area contributed by atoms with Gasteiger partial charge in [0.15, 0.2) is 0 Å². The molecule has 0 aromatic heterocycles. The summed E-state index contributed by atoms with van der Waals surface area (Å²) in [6, 6.07) is 8.56. The van der Waals surface area contributed by atoms with Crippen LogP contribution in [0.5, 0.6) is 0 Å². The normalized spacial score (nSPS) is 12.7. The molecule has 0 aliphatic carbocycles. The summed E-state index contributed by atoms with van der Waals surface area (Å²) in [6.45, 7) is 4.15. The summed E-state index contributed by atoms with van der Waals surface area (Å²) in [6.07, 6.45) is 3.63. The second-order valence-corrected chi connectivity index (χ2v) is 6.30. The van der Waals surface area contributed by atoms with Crippen LogP contribution in [0.1, 0.15) is 42.5 Å². The third-order valence-corrected chi connectivity index (χ3v) is 4.58. The monoisotopic (exact) mass is 373 g/mol. The predicted octanol–water partition coefficient (Wildman–Crippen LogP) is 4.41. The maximum Gasteiger partial charge on any atom is 0.322 e. The zero-order chi connectivity index (χ0) is 20.0. The van der Waals surface area contributed by atoms with E-state index >= 15 is 0 Å². The largest absolute Gasteiger partial charge is 0.468 e. The van der Waals surface area contributed by atoms with Crippen LogP contribution in [-0.2, 0) is 22.4 Å². The van der Waals surface area contributed by atoms with Gasteiger partial charge >= 0.3 is 5.97 Å². The van der Waals surface area contributed by atoms with Gasteiger partial charge in [0.1, 0.15) is 17.7 Å². The van der Waals surface area contributed by atoms with E-state index in [1.165, 1.54) is 30.4 Å². The van der Waals surface area contributed by atoms with E-state index in [2.05, 4.69) is 18.6 Å². The molecule has 0 aliphatic rings. The highest BCUT2D eigenvalue weighted by Gasteiger charge is 2.16. The molecule has 1 unspecified atom stereocenters. The van der Waals surface area contributed by atoms with Gasteiger partial charge < -0.3 is 10.5 Å². The molecule has 0 radical (unpaired) electrons. The molecule has 5 heteroatoms. The molecular weight excluding hydrogens is 348 g/mol. The SMILES string of the molecule is CCc1ccc(C(=CCC(N)C(=O)OC)c2ccc(F)cc2F)cc1CC. The molecular formula is C22H25F2NO2. The van der Waals surface area contributed by atoms with Crippen LogP contribution in [0.2, 0.25) is 0 Å². The molecule has 0 saturated heterocycles. The first-order valence-electron chi connectivity index (χ1n) is 9.02. The topological polar surface area (TPSA) is 52.3 Å². The molecule has 0 amide bonds. The Morgan fingerprint density at radius 3 is 2.41 bits per heavy atom. The minimum Gasteiger partial charge on any atom is -0.468 e. The molecule has 27 heavy (non-hydrogen) atoms. The van der Waals surface area contributed by atoms with E-state index in [-0.39, 0.29) is 12.0 Å². The zero-order valence-electron chi connectivity index (χ0n) is 15.9. The first-order chi connectivity index (χ1) is 12.9. The van der Waals surface area contributed by atoms with Crippen LogP contribution in [0, 0.1) is 11.6 Å². The van der Waals surface area contributed by atoms with E-state index in [9.17, 15) is 13.6 Å². The lowest BCUT2D eigenvalue weighted by Crippen LogP contribution is -2.30.